The van der Waals surface area contributed by atoms with E-state index in [9.17, 15) is 4.79 Å². The van der Waals surface area contributed by atoms with Gasteiger partial charge in [0.2, 0.25) is 0 Å². The molecule has 5 nitrogen and oxygen atoms in total. The fraction of sp³-hybridized carbons (Fsp3) is 0.474. The Morgan fingerprint density at radius 2 is 2.17 bits per heavy atom. The topological polar surface area (TPSA) is 50.2 Å². The van der Waals surface area contributed by atoms with Gasteiger partial charge in [0.1, 0.15) is 5.69 Å². The van der Waals surface area contributed by atoms with E-state index < -0.39 is 0 Å². The molecule has 1 atom stereocenters. The Balaban J connectivity index is 1.50. The number of aromatic nitrogens is 2. The third-order valence-corrected chi connectivity index (χ3v) is 4.62. The quantitative estimate of drug-likeness (QED) is 0.887. The molecule has 1 fully saturated rings. The standard InChI is InChI=1S/C19H26N4O/c1-22(13-6-9-16-7-3-2-4-8-16)19(24)18-11-14-23(21-18)17-10-5-12-20-15-17/h2-4,7-8,11,14,17,20H,5-6,9-10,12-13,15H2,1H3. The average molecular weight is 326 g/mol. The van der Waals surface area contributed by atoms with Gasteiger partial charge in [-0.15, -0.1) is 0 Å². The minimum Gasteiger partial charge on any atom is -0.340 e. The lowest BCUT2D eigenvalue weighted by Gasteiger charge is -2.23. The van der Waals surface area contributed by atoms with Gasteiger partial charge in [-0.25, -0.2) is 0 Å². The number of rotatable bonds is 6. The van der Waals surface area contributed by atoms with Gasteiger partial charge in [-0.3, -0.25) is 9.48 Å². The zero-order chi connectivity index (χ0) is 16.8. The number of aryl methyl sites for hydroxylation is 1. The van der Waals surface area contributed by atoms with E-state index >= 15 is 0 Å². The zero-order valence-electron chi connectivity index (χ0n) is 14.3. The van der Waals surface area contributed by atoms with Crippen molar-refractivity contribution in [2.75, 3.05) is 26.7 Å². The van der Waals surface area contributed by atoms with Crippen molar-refractivity contribution in [3.8, 4) is 0 Å². The zero-order valence-corrected chi connectivity index (χ0v) is 14.3. The molecule has 1 saturated heterocycles. The SMILES string of the molecule is CN(CCCc1ccccc1)C(=O)c1ccn(C2CCCNC2)n1. The third-order valence-electron chi connectivity index (χ3n) is 4.62. The lowest BCUT2D eigenvalue weighted by molar-refractivity contribution is 0.0786. The second kappa shape index (κ2) is 8.11. The summed E-state index contributed by atoms with van der Waals surface area (Å²) < 4.78 is 1.94. The maximum atomic E-state index is 12.5. The lowest BCUT2D eigenvalue weighted by Crippen LogP contribution is -2.32. The van der Waals surface area contributed by atoms with E-state index in [4.69, 9.17) is 0 Å². The molecule has 0 bridgehead atoms. The number of amides is 1. The molecule has 2 heterocycles. The van der Waals surface area contributed by atoms with Crippen LogP contribution in [0.25, 0.3) is 0 Å². The number of hydrogen-bond acceptors (Lipinski definition) is 3. The smallest absolute Gasteiger partial charge is 0.274 e. The number of nitrogens with one attached hydrogen (secondary N) is 1. The number of piperidine rings is 1. The average Bonchev–Trinajstić information content (AvgIpc) is 3.13. The molecule has 1 aromatic carbocycles. The van der Waals surface area contributed by atoms with Crippen LogP contribution in [-0.4, -0.2) is 47.3 Å². The summed E-state index contributed by atoms with van der Waals surface area (Å²) in [6.45, 7) is 2.75. The van der Waals surface area contributed by atoms with Gasteiger partial charge in [-0.05, 0) is 43.9 Å². The molecule has 1 aromatic heterocycles. The van der Waals surface area contributed by atoms with E-state index in [1.54, 1.807) is 4.90 Å². The van der Waals surface area contributed by atoms with Crippen LogP contribution >= 0.6 is 0 Å². The van der Waals surface area contributed by atoms with Gasteiger partial charge in [0, 0.05) is 26.3 Å². The molecule has 0 saturated carbocycles. The second-order valence-corrected chi connectivity index (χ2v) is 6.50. The highest BCUT2D eigenvalue weighted by molar-refractivity contribution is 5.91. The summed E-state index contributed by atoms with van der Waals surface area (Å²) >= 11 is 0. The largest absolute Gasteiger partial charge is 0.340 e. The summed E-state index contributed by atoms with van der Waals surface area (Å²) in [6.07, 6.45) is 6.16. The van der Waals surface area contributed by atoms with E-state index in [-0.39, 0.29) is 5.91 Å². The van der Waals surface area contributed by atoms with Gasteiger partial charge in [0.15, 0.2) is 0 Å². The predicted octanol–water partition coefficient (Wildman–Crippen LogP) is 2.51. The molecule has 0 radical (unpaired) electrons. The molecular weight excluding hydrogens is 300 g/mol. The van der Waals surface area contributed by atoms with Crippen LogP contribution in [0.5, 0.6) is 0 Å². The van der Waals surface area contributed by atoms with E-state index in [1.807, 2.05) is 30.1 Å². The normalized spacial score (nSPS) is 17.6. The molecule has 1 aliphatic rings. The van der Waals surface area contributed by atoms with Crippen LogP contribution < -0.4 is 5.32 Å². The van der Waals surface area contributed by atoms with Crippen LogP contribution in [0, 0.1) is 0 Å². The fourth-order valence-corrected chi connectivity index (χ4v) is 3.18. The number of hydrogen-bond donors (Lipinski definition) is 1. The molecule has 1 N–H and O–H groups in total. The van der Waals surface area contributed by atoms with Crippen molar-refractivity contribution in [3.63, 3.8) is 0 Å². The highest BCUT2D eigenvalue weighted by Crippen LogP contribution is 2.16. The summed E-state index contributed by atoms with van der Waals surface area (Å²) in [5.74, 6) is 0.00517. The Kier molecular flexibility index (Phi) is 5.64. The highest BCUT2D eigenvalue weighted by Gasteiger charge is 2.19. The Morgan fingerprint density at radius 3 is 2.92 bits per heavy atom. The molecule has 1 unspecified atom stereocenters. The monoisotopic (exact) mass is 326 g/mol. The van der Waals surface area contributed by atoms with Gasteiger partial charge in [-0.2, -0.15) is 5.10 Å². The van der Waals surface area contributed by atoms with Crippen LogP contribution in [0.1, 0.15) is 41.4 Å². The van der Waals surface area contributed by atoms with Crippen molar-refractivity contribution in [1.82, 2.24) is 20.0 Å². The van der Waals surface area contributed by atoms with Crippen LogP contribution in [0.3, 0.4) is 0 Å². The van der Waals surface area contributed by atoms with Crippen molar-refractivity contribution in [2.45, 2.75) is 31.7 Å². The number of carbonyl (C=O) groups excluding carboxylic acids is 1. The van der Waals surface area contributed by atoms with Gasteiger partial charge in [-0.1, -0.05) is 30.3 Å². The maximum absolute atomic E-state index is 12.5. The Labute approximate surface area is 143 Å². The summed E-state index contributed by atoms with van der Waals surface area (Å²) in [6, 6.07) is 12.6. The Hall–Kier alpha value is -2.14. The second-order valence-electron chi connectivity index (χ2n) is 6.50. The summed E-state index contributed by atoms with van der Waals surface area (Å²) in [5, 5.41) is 7.89. The minimum atomic E-state index is 0.00517. The van der Waals surface area contributed by atoms with Gasteiger partial charge in [0.25, 0.3) is 5.91 Å². The predicted molar refractivity (Wildman–Crippen MR) is 95.1 cm³/mol. The molecule has 0 spiro atoms. The van der Waals surface area contributed by atoms with Crippen LogP contribution in [0.2, 0.25) is 0 Å². The van der Waals surface area contributed by atoms with E-state index in [0.717, 1.165) is 45.3 Å². The van der Waals surface area contributed by atoms with Crippen molar-refractivity contribution in [3.05, 3.63) is 53.9 Å². The van der Waals surface area contributed by atoms with Gasteiger partial charge in [0.05, 0.1) is 6.04 Å². The molecule has 2 aromatic rings. The van der Waals surface area contributed by atoms with Crippen LogP contribution in [-0.2, 0) is 6.42 Å². The van der Waals surface area contributed by atoms with Gasteiger partial charge < -0.3 is 10.2 Å². The molecule has 1 aliphatic heterocycles. The molecule has 1 amide bonds. The van der Waals surface area contributed by atoms with E-state index in [1.165, 1.54) is 5.56 Å². The first-order chi connectivity index (χ1) is 11.7. The van der Waals surface area contributed by atoms with Crippen molar-refractivity contribution in [2.24, 2.45) is 0 Å². The first kappa shape index (κ1) is 16.7. The fourth-order valence-electron chi connectivity index (χ4n) is 3.18. The maximum Gasteiger partial charge on any atom is 0.274 e. The number of nitrogens with zero attached hydrogens (tertiary/aromatic N) is 3. The van der Waals surface area contributed by atoms with E-state index in [2.05, 4.69) is 34.7 Å². The summed E-state index contributed by atoms with van der Waals surface area (Å²) in [5.41, 5.74) is 1.86. The van der Waals surface area contributed by atoms with Crippen molar-refractivity contribution < 1.29 is 4.79 Å². The van der Waals surface area contributed by atoms with Crippen molar-refractivity contribution in [1.29, 1.82) is 0 Å². The number of carbonyl (C=O) groups is 1. The molecule has 24 heavy (non-hydrogen) atoms. The van der Waals surface area contributed by atoms with Crippen molar-refractivity contribution >= 4 is 5.91 Å². The Morgan fingerprint density at radius 1 is 1.33 bits per heavy atom. The number of benzene rings is 1. The first-order valence-electron chi connectivity index (χ1n) is 8.79. The van der Waals surface area contributed by atoms with Crippen LogP contribution in [0.15, 0.2) is 42.6 Å². The first-order valence-corrected chi connectivity index (χ1v) is 8.79. The Bertz CT molecular complexity index is 646. The third kappa shape index (κ3) is 4.23. The van der Waals surface area contributed by atoms with Gasteiger partial charge >= 0.3 is 0 Å². The molecule has 128 valence electrons. The van der Waals surface area contributed by atoms with Crippen LogP contribution in [0.4, 0.5) is 0 Å². The molecule has 3 rings (SSSR count). The summed E-state index contributed by atoms with van der Waals surface area (Å²) in [4.78, 5) is 14.3. The minimum absolute atomic E-state index is 0.00517. The summed E-state index contributed by atoms with van der Waals surface area (Å²) in [7, 11) is 1.86. The molecule has 0 aliphatic carbocycles. The molecular formula is C19H26N4O. The van der Waals surface area contributed by atoms with E-state index in [0.29, 0.717) is 11.7 Å². The highest BCUT2D eigenvalue weighted by atomic mass is 16.2. The molecule has 5 heteroatoms. The lowest BCUT2D eigenvalue weighted by atomic mass is 10.1.